The van der Waals surface area contributed by atoms with E-state index in [9.17, 15) is 29.3 Å². The second-order valence-electron chi connectivity index (χ2n) is 8.34. The highest BCUT2D eigenvalue weighted by molar-refractivity contribution is 8.01. The van der Waals surface area contributed by atoms with Crippen molar-refractivity contribution < 1.29 is 33.6 Å². The summed E-state index contributed by atoms with van der Waals surface area (Å²) in [5, 5.41) is 9.38. The molecule has 2 aliphatic heterocycles. The second kappa shape index (κ2) is 10.8. The average molecular weight is 526 g/mol. The van der Waals surface area contributed by atoms with Gasteiger partial charge in [-0.05, 0) is 29.8 Å². The minimum absolute atomic E-state index is 0.0845. The monoisotopic (exact) mass is 525 g/mol. The number of esters is 2. The van der Waals surface area contributed by atoms with Gasteiger partial charge in [0.1, 0.15) is 29.9 Å². The number of anilines is 1. The van der Waals surface area contributed by atoms with Crippen molar-refractivity contribution in [2.45, 2.75) is 37.1 Å². The number of nitro benzene ring substituents is 1. The molecule has 37 heavy (non-hydrogen) atoms. The van der Waals surface area contributed by atoms with Crippen molar-refractivity contribution in [1.82, 2.24) is 4.90 Å². The molecule has 0 saturated carbocycles. The lowest BCUT2D eigenvalue weighted by Gasteiger charge is -2.52. The van der Waals surface area contributed by atoms with Gasteiger partial charge in [-0.15, -0.1) is 11.8 Å². The molecular weight excluding hydrogens is 502 g/mol. The second-order valence-corrected chi connectivity index (χ2v) is 9.56. The molecule has 0 aromatic heterocycles. The fraction of sp³-hybridized carbons (Fsp3) is 0.280. The summed E-state index contributed by atoms with van der Waals surface area (Å²) < 4.78 is 10.6. The van der Waals surface area contributed by atoms with Crippen LogP contribution in [-0.4, -0.2) is 56.8 Å². The summed E-state index contributed by atoms with van der Waals surface area (Å²) in [6.07, 6.45) is 1.48. The minimum atomic E-state index is -0.904. The molecule has 0 aliphatic carbocycles. The van der Waals surface area contributed by atoms with Crippen molar-refractivity contribution in [2.75, 3.05) is 11.5 Å². The number of hydrogen-bond acceptors (Lipinski definition) is 9. The smallest absolute Gasteiger partial charge is 0.323 e. The van der Waals surface area contributed by atoms with E-state index < -0.39 is 33.5 Å². The van der Waals surface area contributed by atoms with Gasteiger partial charge in [0.05, 0.1) is 4.92 Å². The van der Waals surface area contributed by atoms with E-state index in [0.717, 1.165) is 11.8 Å². The average Bonchev–Trinajstić information content (AvgIpc) is 2.88. The van der Waals surface area contributed by atoms with Gasteiger partial charge in [0.15, 0.2) is 0 Å². The van der Waals surface area contributed by atoms with Crippen LogP contribution in [0.5, 0.6) is 0 Å². The van der Waals surface area contributed by atoms with E-state index in [4.69, 9.17) is 9.47 Å². The maximum Gasteiger partial charge on any atom is 0.323 e. The van der Waals surface area contributed by atoms with Gasteiger partial charge >= 0.3 is 11.9 Å². The van der Waals surface area contributed by atoms with Crippen molar-refractivity contribution in [2.24, 2.45) is 0 Å². The Bertz CT molecular complexity index is 1260. The van der Waals surface area contributed by atoms with Crippen LogP contribution in [0.1, 0.15) is 19.4 Å². The van der Waals surface area contributed by atoms with Gasteiger partial charge < -0.3 is 14.4 Å². The molecule has 12 heteroatoms. The van der Waals surface area contributed by atoms with Crippen LogP contribution >= 0.6 is 11.8 Å². The Hall–Kier alpha value is -4.19. The van der Waals surface area contributed by atoms with Crippen molar-refractivity contribution in [3.05, 3.63) is 82.0 Å². The fourth-order valence-corrected chi connectivity index (χ4v) is 5.48. The SMILES string of the molecule is CC(=O)OCC1=CN2C(=O)C(N(C(C)=O)c3ccccc3)[C@H]2SC1C(=O)OCc1ccc([N+](=O)[O-])cc1. The highest BCUT2D eigenvalue weighted by Crippen LogP contribution is 2.44. The van der Waals surface area contributed by atoms with E-state index in [2.05, 4.69) is 0 Å². The third-order valence-electron chi connectivity index (χ3n) is 5.81. The molecule has 2 unspecified atom stereocenters. The molecule has 3 atom stereocenters. The summed E-state index contributed by atoms with van der Waals surface area (Å²) in [6.45, 7) is 2.26. The number of carbonyl (C=O) groups is 4. The van der Waals surface area contributed by atoms with Crippen LogP contribution in [0.15, 0.2) is 66.4 Å². The summed E-state index contributed by atoms with van der Waals surface area (Å²) >= 11 is 1.13. The van der Waals surface area contributed by atoms with Gasteiger partial charge in [0.25, 0.3) is 11.6 Å². The minimum Gasteiger partial charge on any atom is -0.461 e. The molecule has 0 N–H and O–H groups in total. The number of carbonyl (C=O) groups excluding carboxylic acids is 4. The first kappa shape index (κ1) is 25.9. The van der Waals surface area contributed by atoms with Crippen molar-refractivity contribution in [3.8, 4) is 0 Å². The van der Waals surface area contributed by atoms with Gasteiger partial charge in [-0.3, -0.25) is 34.2 Å². The number of nitro groups is 1. The zero-order valence-corrected chi connectivity index (χ0v) is 20.8. The van der Waals surface area contributed by atoms with Gasteiger partial charge in [0, 0.05) is 43.4 Å². The Morgan fingerprint density at radius 1 is 1.03 bits per heavy atom. The maximum atomic E-state index is 13.1. The van der Waals surface area contributed by atoms with Gasteiger partial charge in [-0.25, -0.2) is 0 Å². The molecule has 2 amide bonds. The molecular formula is C25H23N3O8S. The summed E-state index contributed by atoms with van der Waals surface area (Å²) in [5.74, 6) is -1.83. The number of ether oxygens (including phenoxy) is 2. The van der Waals surface area contributed by atoms with E-state index in [1.807, 2.05) is 0 Å². The number of non-ortho nitro benzene ring substituents is 1. The predicted molar refractivity (Wildman–Crippen MR) is 133 cm³/mol. The summed E-state index contributed by atoms with van der Waals surface area (Å²) in [6, 6.07) is 13.5. The highest BCUT2D eigenvalue weighted by Gasteiger charge is 2.55. The number of rotatable bonds is 8. The molecule has 4 rings (SSSR count). The van der Waals surface area contributed by atoms with Crippen LogP contribution < -0.4 is 4.90 Å². The predicted octanol–water partition coefficient (Wildman–Crippen LogP) is 2.79. The van der Waals surface area contributed by atoms with E-state index in [0.29, 0.717) is 16.8 Å². The van der Waals surface area contributed by atoms with E-state index >= 15 is 0 Å². The number of nitrogens with zero attached hydrogens (tertiary/aromatic N) is 3. The number of para-hydroxylation sites is 1. The Kier molecular flexibility index (Phi) is 7.58. The van der Waals surface area contributed by atoms with Crippen molar-refractivity contribution in [3.63, 3.8) is 0 Å². The van der Waals surface area contributed by atoms with Crippen LogP contribution in [0.4, 0.5) is 11.4 Å². The molecule has 2 aromatic carbocycles. The Morgan fingerprint density at radius 3 is 2.30 bits per heavy atom. The first-order valence-electron chi connectivity index (χ1n) is 11.2. The van der Waals surface area contributed by atoms with Crippen molar-refractivity contribution in [1.29, 1.82) is 0 Å². The van der Waals surface area contributed by atoms with E-state index in [-0.39, 0.29) is 30.7 Å². The largest absolute Gasteiger partial charge is 0.461 e. The number of thioether (sulfide) groups is 1. The first-order valence-corrected chi connectivity index (χ1v) is 12.2. The quantitative estimate of drug-likeness (QED) is 0.220. The van der Waals surface area contributed by atoms with Crippen LogP contribution in [-0.2, 0) is 35.3 Å². The van der Waals surface area contributed by atoms with Crippen LogP contribution in [0.3, 0.4) is 0 Å². The number of benzene rings is 2. The molecule has 0 spiro atoms. The number of β-lactam (4-membered cyclic amide) rings is 1. The van der Waals surface area contributed by atoms with Crippen LogP contribution in [0.2, 0.25) is 0 Å². The molecule has 2 heterocycles. The molecule has 0 bridgehead atoms. The lowest BCUT2D eigenvalue weighted by Crippen LogP contribution is -2.70. The molecule has 11 nitrogen and oxygen atoms in total. The van der Waals surface area contributed by atoms with Gasteiger partial charge in [0.2, 0.25) is 5.91 Å². The molecule has 1 saturated heterocycles. The van der Waals surface area contributed by atoms with E-state index in [1.165, 1.54) is 54.1 Å². The van der Waals surface area contributed by atoms with Gasteiger partial charge in [-0.1, -0.05) is 18.2 Å². The van der Waals surface area contributed by atoms with Crippen LogP contribution in [0, 0.1) is 10.1 Å². The van der Waals surface area contributed by atoms with Gasteiger partial charge in [-0.2, -0.15) is 0 Å². The zero-order valence-electron chi connectivity index (χ0n) is 19.9. The Labute approximate surface area is 216 Å². The Morgan fingerprint density at radius 2 is 1.70 bits per heavy atom. The molecule has 0 radical (unpaired) electrons. The number of fused-ring (bicyclic) bond motifs is 1. The molecule has 2 aliphatic rings. The lowest BCUT2D eigenvalue weighted by atomic mass is 10.0. The summed E-state index contributed by atoms with van der Waals surface area (Å²) in [7, 11) is 0. The number of amides is 2. The molecule has 192 valence electrons. The Balaban J connectivity index is 1.54. The topological polar surface area (TPSA) is 136 Å². The lowest BCUT2D eigenvalue weighted by molar-refractivity contribution is -0.384. The normalized spacial score (nSPS) is 20.2. The van der Waals surface area contributed by atoms with E-state index in [1.54, 1.807) is 30.3 Å². The highest BCUT2D eigenvalue weighted by atomic mass is 32.2. The van der Waals surface area contributed by atoms with Crippen LogP contribution in [0.25, 0.3) is 0 Å². The summed E-state index contributed by atoms with van der Waals surface area (Å²) in [5.41, 5.74) is 1.39. The fourth-order valence-electron chi connectivity index (χ4n) is 4.03. The molecule has 2 aromatic rings. The number of hydrogen-bond donors (Lipinski definition) is 0. The first-order chi connectivity index (χ1) is 17.7. The molecule has 1 fully saturated rings. The third-order valence-corrected chi connectivity index (χ3v) is 7.34. The zero-order chi connectivity index (χ0) is 26.7. The summed E-state index contributed by atoms with van der Waals surface area (Å²) in [4.78, 5) is 63.3. The third kappa shape index (κ3) is 5.48. The standard InChI is InChI=1S/C25H23N3O8S/c1-15(29)27(19-6-4-3-5-7-19)21-23(31)26-12-18(14-35-16(2)30)22(37-24(21)26)25(32)36-13-17-8-10-20(11-9-17)28(33)34/h3-12,21-22,24H,13-14H2,1-2H3/t21?,22?,24-/m1/s1. The van der Waals surface area contributed by atoms with Crippen molar-refractivity contribution >= 4 is 46.9 Å². The maximum absolute atomic E-state index is 13.1.